The Morgan fingerprint density at radius 2 is 1.70 bits per heavy atom. The fraction of sp³-hybridized carbons (Fsp3) is 0.562. The molecule has 2 atom stereocenters. The molecule has 0 radical (unpaired) electrons. The molecule has 0 fully saturated rings. The van der Waals surface area contributed by atoms with Crippen LogP contribution in [0.1, 0.15) is 34.6 Å². The van der Waals surface area contributed by atoms with E-state index in [0.717, 1.165) is 5.75 Å². The molecule has 0 aliphatic carbocycles. The molecule has 2 N–H and O–H groups in total. The number of nitrogens with two attached hydrogens (primary N) is 1. The van der Waals surface area contributed by atoms with Crippen LogP contribution in [0.4, 0.5) is 0 Å². The number of benzene rings is 1. The van der Waals surface area contributed by atoms with Gasteiger partial charge in [-0.3, -0.25) is 4.79 Å². The molecular formula is C16H25NO3. The Morgan fingerprint density at radius 3 is 2.15 bits per heavy atom. The summed E-state index contributed by atoms with van der Waals surface area (Å²) in [4.78, 5) is 11.7. The first kappa shape index (κ1) is 16.5. The van der Waals surface area contributed by atoms with Gasteiger partial charge in [-0.15, -0.1) is 0 Å². The molecule has 0 aliphatic rings. The summed E-state index contributed by atoms with van der Waals surface area (Å²) in [6.45, 7) is 9.38. The van der Waals surface area contributed by atoms with Crippen LogP contribution in [-0.2, 0) is 9.53 Å². The van der Waals surface area contributed by atoms with Crippen molar-refractivity contribution in [2.75, 3.05) is 0 Å². The molecule has 4 nitrogen and oxygen atoms in total. The monoisotopic (exact) mass is 279 g/mol. The Bertz CT molecular complexity index is 427. The molecule has 1 aromatic carbocycles. The average Bonchev–Trinajstić information content (AvgIpc) is 2.36. The van der Waals surface area contributed by atoms with Crippen molar-refractivity contribution >= 4 is 5.97 Å². The van der Waals surface area contributed by atoms with E-state index in [1.807, 2.05) is 58.0 Å². The second-order valence-corrected chi connectivity index (χ2v) is 5.91. The van der Waals surface area contributed by atoms with Crippen LogP contribution in [-0.4, -0.2) is 23.7 Å². The first-order valence-electron chi connectivity index (χ1n) is 6.94. The van der Waals surface area contributed by atoms with Crippen LogP contribution in [0.2, 0.25) is 0 Å². The van der Waals surface area contributed by atoms with Gasteiger partial charge in [0.25, 0.3) is 0 Å². The number of hydrogen-bond donors (Lipinski definition) is 1. The van der Waals surface area contributed by atoms with Crippen molar-refractivity contribution in [3.63, 3.8) is 0 Å². The number of hydrogen-bond acceptors (Lipinski definition) is 4. The fourth-order valence-electron chi connectivity index (χ4n) is 2.14. The zero-order valence-corrected chi connectivity index (χ0v) is 12.9. The number of esters is 1. The zero-order chi connectivity index (χ0) is 15.3. The Kier molecular flexibility index (Phi) is 5.57. The summed E-state index contributed by atoms with van der Waals surface area (Å²) >= 11 is 0. The van der Waals surface area contributed by atoms with E-state index in [4.69, 9.17) is 15.2 Å². The van der Waals surface area contributed by atoms with Crippen LogP contribution in [0.25, 0.3) is 0 Å². The molecule has 1 aromatic rings. The average molecular weight is 279 g/mol. The number of rotatable bonds is 6. The molecule has 0 amide bonds. The summed E-state index contributed by atoms with van der Waals surface area (Å²) in [7, 11) is 0. The van der Waals surface area contributed by atoms with Crippen molar-refractivity contribution in [1.82, 2.24) is 0 Å². The molecule has 0 heterocycles. The molecule has 0 bridgehead atoms. The van der Waals surface area contributed by atoms with Crippen LogP contribution in [0.3, 0.4) is 0 Å². The minimum Gasteiger partial charge on any atom is -0.486 e. The third-order valence-corrected chi connectivity index (χ3v) is 3.03. The highest BCUT2D eigenvalue weighted by atomic mass is 16.6. The fourth-order valence-corrected chi connectivity index (χ4v) is 2.14. The largest absolute Gasteiger partial charge is 0.486 e. The van der Waals surface area contributed by atoms with Crippen LogP contribution < -0.4 is 10.5 Å². The van der Waals surface area contributed by atoms with Crippen LogP contribution in [0.15, 0.2) is 30.3 Å². The number of para-hydroxylation sites is 1. The van der Waals surface area contributed by atoms with Gasteiger partial charge in [-0.2, -0.15) is 0 Å². The molecule has 0 aliphatic heterocycles. The van der Waals surface area contributed by atoms with E-state index in [1.54, 1.807) is 6.92 Å². The van der Waals surface area contributed by atoms with Gasteiger partial charge < -0.3 is 15.2 Å². The summed E-state index contributed by atoms with van der Waals surface area (Å²) in [6, 6.07) is 8.89. The minimum atomic E-state index is -0.755. The lowest BCUT2D eigenvalue weighted by atomic mass is 9.91. The molecular weight excluding hydrogens is 254 g/mol. The van der Waals surface area contributed by atoms with Crippen molar-refractivity contribution < 1.29 is 14.3 Å². The van der Waals surface area contributed by atoms with Gasteiger partial charge in [0.15, 0.2) is 0 Å². The van der Waals surface area contributed by atoms with Crippen molar-refractivity contribution in [2.24, 2.45) is 11.7 Å². The molecule has 4 heteroatoms. The van der Waals surface area contributed by atoms with Crippen molar-refractivity contribution in [3.05, 3.63) is 30.3 Å². The third-order valence-electron chi connectivity index (χ3n) is 3.03. The standard InChI is InChI=1S/C16H25NO3/c1-11(2)14(19-13-9-7-6-8-10-13)16(4,5)20-15(18)12(3)17/h6-12,14H,17H2,1-5H3/t12-,14?/m1/s1. The normalized spacial score (nSPS) is 14.8. The van der Waals surface area contributed by atoms with Gasteiger partial charge >= 0.3 is 5.97 Å². The topological polar surface area (TPSA) is 61.5 Å². The maximum atomic E-state index is 11.7. The predicted molar refractivity (Wildman–Crippen MR) is 79.5 cm³/mol. The van der Waals surface area contributed by atoms with E-state index in [2.05, 4.69) is 0 Å². The van der Waals surface area contributed by atoms with Crippen LogP contribution in [0.5, 0.6) is 5.75 Å². The lowest BCUT2D eigenvalue weighted by molar-refractivity contribution is -0.169. The molecule has 1 unspecified atom stereocenters. The summed E-state index contributed by atoms with van der Waals surface area (Å²) in [5.74, 6) is 0.527. The van der Waals surface area contributed by atoms with Gasteiger partial charge in [0.05, 0.1) is 0 Å². The lowest BCUT2D eigenvalue weighted by Crippen LogP contribution is -2.49. The predicted octanol–water partition coefficient (Wildman–Crippen LogP) is 2.76. The highest BCUT2D eigenvalue weighted by Crippen LogP contribution is 2.27. The molecule has 0 saturated heterocycles. The minimum absolute atomic E-state index is 0.186. The molecule has 0 aromatic heterocycles. The van der Waals surface area contributed by atoms with E-state index >= 15 is 0 Å². The Balaban J connectivity index is 2.86. The lowest BCUT2D eigenvalue weighted by Gasteiger charge is -2.37. The molecule has 0 spiro atoms. The quantitative estimate of drug-likeness (QED) is 0.813. The van der Waals surface area contributed by atoms with Crippen molar-refractivity contribution in [2.45, 2.75) is 52.4 Å². The van der Waals surface area contributed by atoms with Gasteiger partial charge in [0.2, 0.25) is 0 Å². The van der Waals surface area contributed by atoms with E-state index in [9.17, 15) is 4.79 Å². The molecule has 1 rings (SSSR count). The summed E-state index contributed by atoms with van der Waals surface area (Å²) in [6.07, 6.45) is -0.257. The maximum Gasteiger partial charge on any atom is 0.323 e. The van der Waals surface area contributed by atoms with E-state index in [1.165, 1.54) is 0 Å². The van der Waals surface area contributed by atoms with Crippen LogP contribution >= 0.6 is 0 Å². The smallest absolute Gasteiger partial charge is 0.323 e. The maximum absolute atomic E-state index is 11.7. The van der Waals surface area contributed by atoms with Crippen molar-refractivity contribution in [3.8, 4) is 5.75 Å². The molecule has 20 heavy (non-hydrogen) atoms. The van der Waals surface area contributed by atoms with Gasteiger partial charge in [0, 0.05) is 0 Å². The SMILES string of the molecule is CC(C)C(Oc1ccccc1)C(C)(C)OC(=O)[C@@H](C)N. The first-order chi connectivity index (χ1) is 9.24. The van der Waals surface area contributed by atoms with Gasteiger partial charge in [0.1, 0.15) is 23.5 Å². The van der Waals surface area contributed by atoms with Gasteiger partial charge in [-0.25, -0.2) is 0 Å². The highest BCUT2D eigenvalue weighted by Gasteiger charge is 2.38. The summed E-state index contributed by atoms with van der Waals surface area (Å²) in [5, 5.41) is 0. The van der Waals surface area contributed by atoms with Gasteiger partial charge in [-0.1, -0.05) is 32.0 Å². The highest BCUT2D eigenvalue weighted by molar-refractivity contribution is 5.75. The summed E-state index contributed by atoms with van der Waals surface area (Å²) in [5.41, 5.74) is 4.80. The van der Waals surface area contributed by atoms with E-state index in [0.29, 0.717) is 0 Å². The van der Waals surface area contributed by atoms with Crippen LogP contribution in [0, 0.1) is 5.92 Å². The van der Waals surface area contributed by atoms with E-state index in [-0.39, 0.29) is 12.0 Å². The second-order valence-electron chi connectivity index (χ2n) is 5.91. The number of ether oxygens (including phenoxy) is 2. The summed E-state index contributed by atoms with van der Waals surface area (Å²) < 4.78 is 11.5. The van der Waals surface area contributed by atoms with E-state index < -0.39 is 17.6 Å². The Labute approximate surface area is 121 Å². The first-order valence-corrected chi connectivity index (χ1v) is 6.94. The molecule has 0 saturated carbocycles. The molecule has 112 valence electrons. The Hall–Kier alpha value is -1.55. The Morgan fingerprint density at radius 1 is 1.15 bits per heavy atom. The second kappa shape index (κ2) is 6.75. The third kappa shape index (κ3) is 4.53. The van der Waals surface area contributed by atoms with Crippen molar-refractivity contribution in [1.29, 1.82) is 0 Å². The zero-order valence-electron chi connectivity index (χ0n) is 12.9. The number of carbonyl (C=O) groups is 1. The van der Waals surface area contributed by atoms with Gasteiger partial charge in [-0.05, 0) is 38.8 Å². The number of carbonyl (C=O) groups excluding carboxylic acids is 1.